The Bertz CT molecular complexity index is 1010. The van der Waals surface area contributed by atoms with Gasteiger partial charge in [-0.2, -0.15) is 0 Å². The van der Waals surface area contributed by atoms with Crippen LogP contribution in [0, 0.1) is 0 Å². The Morgan fingerprint density at radius 3 is 2.37 bits per heavy atom. The van der Waals surface area contributed by atoms with Gasteiger partial charge in [-0.05, 0) is 55.3 Å². The molecule has 0 N–H and O–H groups in total. The lowest BCUT2D eigenvalue weighted by Gasteiger charge is -2.27. The van der Waals surface area contributed by atoms with E-state index in [1.807, 2.05) is 18.2 Å². The number of methoxy groups -OCH3 is 2. The molecule has 3 rings (SSSR count). The Labute approximate surface area is 177 Å². The molecule has 1 aliphatic heterocycles. The van der Waals surface area contributed by atoms with Crippen molar-refractivity contribution in [2.45, 2.75) is 23.8 Å². The summed E-state index contributed by atoms with van der Waals surface area (Å²) in [6, 6.07) is 11.3. The molecule has 1 atom stereocenters. The van der Waals surface area contributed by atoms with E-state index in [1.54, 1.807) is 19.1 Å². The van der Waals surface area contributed by atoms with Gasteiger partial charge in [-0.25, -0.2) is 8.42 Å². The molecule has 1 saturated heterocycles. The lowest BCUT2D eigenvalue weighted by atomic mass is 10.0. The first-order valence-corrected chi connectivity index (χ1v) is 10.9. The average molecular weight is 435 g/mol. The fourth-order valence-electron chi connectivity index (χ4n) is 3.61. The summed E-state index contributed by atoms with van der Waals surface area (Å²) in [4.78, 5) is 19.8. The maximum absolute atomic E-state index is 13.2. The smallest absolute Gasteiger partial charge is 0.264 e. The Morgan fingerprint density at radius 1 is 1.07 bits per heavy atom. The molecule has 9 heteroatoms. The lowest BCUT2D eigenvalue weighted by Crippen LogP contribution is -2.31. The molecule has 1 aliphatic rings. The second-order valence-electron chi connectivity index (χ2n) is 6.89. The first kappa shape index (κ1) is 22.1. The highest BCUT2D eigenvalue weighted by atomic mass is 32.2. The molecule has 1 unspecified atom stereocenters. The van der Waals surface area contributed by atoms with E-state index in [1.165, 1.54) is 38.4 Å². The monoisotopic (exact) mass is 434 g/mol. The number of likely N-dealkylation sites (tertiary alicyclic amines) is 1. The summed E-state index contributed by atoms with van der Waals surface area (Å²) in [5.74, 6) is 1.23. The van der Waals surface area contributed by atoms with Crippen LogP contribution in [0.1, 0.15) is 34.8 Å². The van der Waals surface area contributed by atoms with E-state index in [-0.39, 0.29) is 16.8 Å². The number of sulfonamides is 1. The highest BCUT2D eigenvalue weighted by molar-refractivity contribution is 7.89. The van der Waals surface area contributed by atoms with E-state index in [9.17, 15) is 13.2 Å². The normalized spacial score (nSPS) is 16.7. The molecule has 0 radical (unpaired) electrons. The average Bonchev–Trinajstić information content (AvgIpc) is 3.27. The number of amides is 1. The van der Waals surface area contributed by atoms with Gasteiger partial charge < -0.3 is 14.4 Å². The zero-order chi connectivity index (χ0) is 21.9. The van der Waals surface area contributed by atoms with E-state index >= 15 is 0 Å². The van der Waals surface area contributed by atoms with Gasteiger partial charge in [-0.15, -0.1) is 0 Å². The van der Waals surface area contributed by atoms with Gasteiger partial charge >= 0.3 is 0 Å². The Hall–Kier alpha value is -2.62. The van der Waals surface area contributed by atoms with Crippen molar-refractivity contribution in [1.82, 2.24) is 9.37 Å². The van der Waals surface area contributed by atoms with E-state index in [0.717, 1.165) is 22.9 Å². The zero-order valence-electron chi connectivity index (χ0n) is 17.5. The number of benzene rings is 2. The van der Waals surface area contributed by atoms with E-state index in [0.29, 0.717) is 23.6 Å². The third kappa shape index (κ3) is 4.14. The molecule has 0 saturated carbocycles. The number of carbonyl (C=O) groups excluding carboxylic acids is 1. The van der Waals surface area contributed by atoms with Crippen LogP contribution >= 0.6 is 0 Å². The molecule has 0 aromatic heterocycles. The molecule has 162 valence electrons. The summed E-state index contributed by atoms with van der Waals surface area (Å²) in [5, 5.41) is 0. The van der Waals surface area contributed by atoms with Crippen molar-refractivity contribution in [3.05, 3.63) is 53.6 Å². The molecule has 0 spiro atoms. The molecule has 0 aliphatic carbocycles. The Morgan fingerprint density at radius 2 is 1.77 bits per heavy atom. The van der Waals surface area contributed by atoms with Crippen LogP contribution < -0.4 is 9.47 Å². The molecular formula is C21H26N2O6S. The summed E-state index contributed by atoms with van der Waals surface area (Å²) in [5.41, 5.74) is 1.31. The quantitative estimate of drug-likeness (QED) is 0.623. The van der Waals surface area contributed by atoms with Crippen molar-refractivity contribution < 1.29 is 27.5 Å². The van der Waals surface area contributed by atoms with Crippen LogP contribution in [0.4, 0.5) is 0 Å². The summed E-state index contributed by atoms with van der Waals surface area (Å²) >= 11 is 0. The molecule has 1 heterocycles. The second kappa shape index (κ2) is 9.03. The largest absolute Gasteiger partial charge is 0.497 e. The molecule has 2 aromatic carbocycles. The number of hydrogen-bond acceptors (Lipinski definition) is 6. The van der Waals surface area contributed by atoms with E-state index < -0.39 is 10.0 Å². The number of rotatable bonds is 7. The maximum Gasteiger partial charge on any atom is 0.264 e. The fourth-order valence-corrected chi connectivity index (χ4v) is 4.59. The van der Waals surface area contributed by atoms with Crippen molar-refractivity contribution in [2.24, 2.45) is 0 Å². The molecule has 0 bridgehead atoms. The Balaban J connectivity index is 1.88. The minimum Gasteiger partial charge on any atom is -0.497 e. The molecule has 1 fully saturated rings. The van der Waals surface area contributed by atoms with Gasteiger partial charge in [0.25, 0.3) is 15.9 Å². The third-order valence-corrected chi connectivity index (χ3v) is 7.00. The lowest BCUT2D eigenvalue weighted by molar-refractivity contribution is -0.0258. The minimum atomic E-state index is -3.77. The van der Waals surface area contributed by atoms with E-state index in [4.69, 9.17) is 14.3 Å². The van der Waals surface area contributed by atoms with Gasteiger partial charge in [0, 0.05) is 24.7 Å². The van der Waals surface area contributed by atoms with Gasteiger partial charge in [0.15, 0.2) is 0 Å². The van der Waals surface area contributed by atoms with Crippen LogP contribution in [-0.4, -0.2) is 58.6 Å². The fraction of sp³-hybridized carbons (Fsp3) is 0.381. The predicted molar refractivity (Wildman–Crippen MR) is 111 cm³/mol. The van der Waals surface area contributed by atoms with Crippen LogP contribution in [0.25, 0.3) is 0 Å². The Kier molecular flexibility index (Phi) is 6.64. The highest BCUT2D eigenvalue weighted by Gasteiger charge is 2.33. The number of hydroxylamine groups is 1. The van der Waals surface area contributed by atoms with Gasteiger partial charge in [0.05, 0.1) is 32.3 Å². The van der Waals surface area contributed by atoms with Crippen molar-refractivity contribution in [3.63, 3.8) is 0 Å². The molecule has 30 heavy (non-hydrogen) atoms. The summed E-state index contributed by atoms with van der Waals surface area (Å²) in [7, 11) is 2.02. The van der Waals surface area contributed by atoms with Crippen LogP contribution in [0.15, 0.2) is 47.4 Å². The van der Waals surface area contributed by atoms with E-state index in [2.05, 4.69) is 0 Å². The first-order valence-electron chi connectivity index (χ1n) is 9.49. The number of hydrogen-bond donors (Lipinski definition) is 0. The summed E-state index contributed by atoms with van der Waals surface area (Å²) < 4.78 is 36.3. The van der Waals surface area contributed by atoms with Crippen molar-refractivity contribution in [2.75, 3.05) is 34.9 Å². The number of ether oxygens (including phenoxy) is 2. The van der Waals surface area contributed by atoms with Crippen LogP contribution in [0.3, 0.4) is 0 Å². The van der Waals surface area contributed by atoms with Crippen LogP contribution in [0.2, 0.25) is 0 Å². The van der Waals surface area contributed by atoms with Gasteiger partial charge in [0.1, 0.15) is 11.5 Å². The van der Waals surface area contributed by atoms with Crippen molar-refractivity contribution >= 4 is 15.9 Å². The molecule has 8 nitrogen and oxygen atoms in total. The highest BCUT2D eigenvalue weighted by Crippen LogP contribution is 2.39. The molecule has 2 aromatic rings. The topological polar surface area (TPSA) is 85.4 Å². The van der Waals surface area contributed by atoms with Crippen molar-refractivity contribution in [3.8, 4) is 11.5 Å². The zero-order valence-corrected chi connectivity index (χ0v) is 18.3. The minimum absolute atomic E-state index is 0.0517. The number of nitrogens with zero attached hydrogens (tertiary/aromatic N) is 2. The first-order chi connectivity index (χ1) is 14.3. The van der Waals surface area contributed by atoms with Gasteiger partial charge in [-0.1, -0.05) is 4.47 Å². The SMILES string of the molecule is COc1ccc(OC)c(C2CCCN2C(=O)c2ccc(S(=O)(=O)N(C)OC)cc2)c1. The second-order valence-corrected chi connectivity index (χ2v) is 8.82. The summed E-state index contributed by atoms with van der Waals surface area (Å²) in [6.07, 6.45) is 1.67. The van der Waals surface area contributed by atoms with Gasteiger partial charge in [0.2, 0.25) is 0 Å². The number of carbonyl (C=O) groups is 1. The van der Waals surface area contributed by atoms with Gasteiger partial charge in [-0.3, -0.25) is 9.63 Å². The standard InChI is InChI=1S/C21H26N2O6S/c1-22(29-4)30(25,26)17-10-7-15(8-11-17)21(24)23-13-5-6-19(23)18-14-16(27-2)9-12-20(18)28-3/h7-12,14,19H,5-6,13H2,1-4H3. The predicted octanol–water partition coefficient (Wildman–Crippen LogP) is 2.86. The maximum atomic E-state index is 13.2. The molecule has 1 amide bonds. The third-order valence-electron chi connectivity index (χ3n) is 5.30. The summed E-state index contributed by atoms with van der Waals surface area (Å²) in [6.45, 7) is 0.607. The van der Waals surface area contributed by atoms with Crippen LogP contribution in [-0.2, 0) is 14.9 Å². The molecular weight excluding hydrogens is 408 g/mol. The van der Waals surface area contributed by atoms with Crippen molar-refractivity contribution in [1.29, 1.82) is 0 Å². The van der Waals surface area contributed by atoms with Crippen LogP contribution in [0.5, 0.6) is 11.5 Å².